The third-order valence-electron chi connectivity index (χ3n) is 7.65. The number of carboxylic acids is 1. The second-order valence-corrected chi connectivity index (χ2v) is 13.0. The van der Waals surface area contributed by atoms with Crippen LogP contribution in [0.25, 0.3) is 11.1 Å². The molecule has 0 saturated heterocycles. The zero-order chi connectivity index (χ0) is 29.3. The Morgan fingerprint density at radius 1 is 1.12 bits per heavy atom. The maximum Gasteiger partial charge on any atom is 0.304 e. The van der Waals surface area contributed by atoms with Gasteiger partial charge in [-0.1, -0.05) is 6.07 Å². The van der Waals surface area contributed by atoms with E-state index in [0.29, 0.717) is 37.0 Å². The van der Waals surface area contributed by atoms with E-state index in [0.717, 1.165) is 52.0 Å². The molecule has 10 heteroatoms. The lowest BCUT2D eigenvalue weighted by molar-refractivity contribution is -0.137. The number of nitrogens with zero attached hydrogens (tertiary/aromatic N) is 1. The molecule has 0 amide bonds. The lowest BCUT2D eigenvalue weighted by Crippen LogP contribution is -2.08. The number of benzene rings is 2. The fourth-order valence-electron chi connectivity index (χ4n) is 5.85. The molecular formula is C31H35NO8S. The Balaban J connectivity index is 1.39. The van der Waals surface area contributed by atoms with Crippen molar-refractivity contribution in [1.82, 2.24) is 4.98 Å². The summed E-state index contributed by atoms with van der Waals surface area (Å²) < 4.78 is 46.6. The van der Waals surface area contributed by atoms with E-state index in [-0.39, 0.29) is 24.2 Å². The normalized spacial score (nSPS) is 17.5. The minimum atomic E-state index is -3.02. The summed E-state index contributed by atoms with van der Waals surface area (Å²) in [5, 5.41) is 9.16. The zero-order valence-electron chi connectivity index (χ0n) is 23.7. The molecule has 0 spiro atoms. The lowest BCUT2D eigenvalue weighted by Gasteiger charge is -2.20. The summed E-state index contributed by atoms with van der Waals surface area (Å²) in [5.74, 6) is 1.59. The Morgan fingerprint density at radius 3 is 2.56 bits per heavy atom. The minimum absolute atomic E-state index is 0.00458. The van der Waals surface area contributed by atoms with Gasteiger partial charge < -0.3 is 24.1 Å². The van der Waals surface area contributed by atoms with E-state index in [1.54, 1.807) is 19.4 Å². The Labute approximate surface area is 240 Å². The second-order valence-electron chi connectivity index (χ2n) is 10.8. The highest BCUT2D eigenvalue weighted by Gasteiger charge is 2.32. The smallest absolute Gasteiger partial charge is 0.304 e. The first kappa shape index (κ1) is 28.7. The molecule has 0 radical (unpaired) electrons. The Kier molecular flexibility index (Phi) is 8.13. The monoisotopic (exact) mass is 581 g/mol. The highest BCUT2D eigenvalue weighted by molar-refractivity contribution is 7.90. The average Bonchev–Trinajstić information content (AvgIpc) is 3.49. The maximum absolute atomic E-state index is 11.4. The van der Waals surface area contributed by atoms with Crippen molar-refractivity contribution >= 4 is 15.8 Å². The van der Waals surface area contributed by atoms with E-state index >= 15 is 0 Å². The van der Waals surface area contributed by atoms with Crippen LogP contribution in [0.4, 0.5) is 0 Å². The van der Waals surface area contributed by atoms with Crippen LogP contribution in [-0.2, 0) is 21.1 Å². The first-order chi connectivity index (χ1) is 19.5. The van der Waals surface area contributed by atoms with Crippen LogP contribution in [-0.4, -0.2) is 56.8 Å². The molecular weight excluding hydrogens is 546 g/mol. The van der Waals surface area contributed by atoms with E-state index in [1.165, 1.54) is 11.8 Å². The summed E-state index contributed by atoms with van der Waals surface area (Å²) in [4.78, 5) is 15.6. The molecule has 0 saturated carbocycles. The Bertz CT molecular complexity index is 1560. The number of fused-ring (bicyclic) bond motifs is 2. The van der Waals surface area contributed by atoms with Gasteiger partial charge in [-0.15, -0.1) is 0 Å². The topological polar surface area (TPSA) is 121 Å². The Hall–Kier alpha value is -3.79. The van der Waals surface area contributed by atoms with Gasteiger partial charge in [0.2, 0.25) is 5.88 Å². The molecule has 0 fully saturated rings. The largest absolute Gasteiger partial charge is 0.496 e. The predicted molar refractivity (Wildman–Crippen MR) is 154 cm³/mol. The van der Waals surface area contributed by atoms with E-state index in [1.807, 2.05) is 38.1 Å². The van der Waals surface area contributed by atoms with Crippen LogP contribution in [0, 0.1) is 13.8 Å². The molecule has 9 nitrogen and oxygen atoms in total. The number of ether oxygens (including phenoxy) is 4. The van der Waals surface area contributed by atoms with E-state index in [9.17, 15) is 13.2 Å². The highest BCUT2D eigenvalue weighted by Crippen LogP contribution is 2.47. The van der Waals surface area contributed by atoms with E-state index < -0.39 is 15.8 Å². The van der Waals surface area contributed by atoms with Crippen LogP contribution in [0.1, 0.15) is 59.1 Å². The first-order valence-electron chi connectivity index (χ1n) is 13.7. The summed E-state index contributed by atoms with van der Waals surface area (Å²) in [7, 11) is -1.35. The van der Waals surface area contributed by atoms with Gasteiger partial charge in [-0.05, 0) is 79.1 Å². The van der Waals surface area contributed by atoms with Gasteiger partial charge in [0.05, 0.1) is 32.5 Å². The molecule has 2 heterocycles. The molecule has 1 unspecified atom stereocenters. The van der Waals surface area contributed by atoms with Crippen molar-refractivity contribution in [3.05, 3.63) is 64.3 Å². The van der Waals surface area contributed by atoms with Gasteiger partial charge in [0.15, 0.2) is 0 Å². The number of aliphatic carboxylic acids is 1. The number of methoxy groups -OCH3 is 1. The van der Waals surface area contributed by atoms with Crippen molar-refractivity contribution in [2.45, 2.75) is 51.6 Å². The van der Waals surface area contributed by atoms with E-state index in [2.05, 4.69) is 4.98 Å². The molecule has 1 aliphatic heterocycles. The SMILES string of the molecule is COc1ccc2c(c1-c1c(C)cc(OCCCS(C)(=O)=O)cc1C)CCC2Oc1cc2c(cn1)[C@H](CC(=O)O)CO2. The van der Waals surface area contributed by atoms with Gasteiger partial charge in [0.1, 0.15) is 33.2 Å². The summed E-state index contributed by atoms with van der Waals surface area (Å²) in [6.07, 6.45) is 4.71. The van der Waals surface area contributed by atoms with Crippen molar-refractivity contribution in [3.63, 3.8) is 0 Å². The fraction of sp³-hybridized carbons (Fsp3) is 0.419. The van der Waals surface area contributed by atoms with Crippen LogP contribution in [0.2, 0.25) is 0 Å². The second kappa shape index (κ2) is 11.6. The number of sulfone groups is 1. The molecule has 2 atom stereocenters. The van der Waals surface area contributed by atoms with Crippen LogP contribution in [0.15, 0.2) is 36.5 Å². The molecule has 2 aromatic carbocycles. The van der Waals surface area contributed by atoms with Gasteiger partial charge in [0, 0.05) is 35.6 Å². The third kappa shape index (κ3) is 6.27. The van der Waals surface area contributed by atoms with Gasteiger partial charge >= 0.3 is 5.97 Å². The van der Waals surface area contributed by atoms with Crippen molar-refractivity contribution < 1.29 is 37.3 Å². The number of rotatable bonds is 11. The summed E-state index contributed by atoms with van der Waals surface area (Å²) in [6, 6.07) is 9.74. The Morgan fingerprint density at radius 2 is 1.88 bits per heavy atom. The predicted octanol–water partition coefficient (Wildman–Crippen LogP) is 5.20. The van der Waals surface area contributed by atoms with Crippen molar-refractivity contribution in [2.75, 3.05) is 32.3 Å². The van der Waals surface area contributed by atoms with Crippen molar-refractivity contribution in [3.8, 4) is 34.3 Å². The number of hydrogen-bond acceptors (Lipinski definition) is 8. The molecule has 1 N–H and O–H groups in total. The molecule has 41 heavy (non-hydrogen) atoms. The van der Waals surface area contributed by atoms with Gasteiger partial charge in [0.25, 0.3) is 0 Å². The molecule has 2 aliphatic rings. The quantitative estimate of drug-likeness (QED) is 0.304. The van der Waals surface area contributed by atoms with Crippen molar-refractivity contribution in [2.24, 2.45) is 0 Å². The molecule has 5 rings (SSSR count). The maximum atomic E-state index is 11.4. The van der Waals surface area contributed by atoms with Crippen LogP contribution < -0.4 is 18.9 Å². The number of aromatic nitrogens is 1. The van der Waals surface area contributed by atoms with Gasteiger partial charge in [-0.3, -0.25) is 4.79 Å². The van der Waals surface area contributed by atoms with Crippen LogP contribution >= 0.6 is 0 Å². The standard InChI is InChI=1S/C31H35NO8S/c1-18-12-21(38-10-5-11-41(4,35)36)13-19(2)30(18)31-23-7-8-25(22(23)6-9-26(31)37-3)40-28-15-27-24(16-32-28)20(17-39-27)14-29(33)34/h6,9,12-13,15-16,20,25H,5,7-8,10-11,14,17H2,1-4H3,(H,33,34)/t20-,25?/m1/s1. The first-order valence-corrected chi connectivity index (χ1v) is 15.7. The minimum Gasteiger partial charge on any atom is -0.496 e. The van der Waals surface area contributed by atoms with Gasteiger partial charge in [-0.2, -0.15) is 0 Å². The molecule has 0 bridgehead atoms. The molecule has 218 valence electrons. The number of carboxylic acid groups (broad SMARTS) is 1. The lowest BCUT2D eigenvalue weighted by atomic mass is 9.89. The molecule has 3 aromatic rings. The number of aryl methyl sites for hydroxylation is 2. The summed E-state index contributed by atoms with van der Waals surface area (Å²) in [6.45, 7) is 4.74. The van der Waals surface area contributed by atoms with Crippen LogP contribution in [0.3, 0.4) is 0 Å². The number of carbonyl (C=O) groups is 1. The third-order valence-corrected chi connectivity index (χ3v) is 8.68. The summed E-state index contributed by atoms with van der Waals surface area (Å²) >= 11 is 0. The molecule has 1 aliphatic carbocycles. The molecule has 1 aromatic heterocycles. The zero-order valence-corrected chi connectivity index (χ0v) is 24.5. The highest BCUT2D eigenvalue weighted by atomic mass is 32.2. The van der Waals surface area contributed by atoms with Crippen molar-refractivity contribution in [1.29, 1.82) is 0 Å². The number of pyridine rings is 1. The number of hydrogen-bond donors (Lipinski definition) is 1. The summed E-state index contributed by atoms with van der Waals surface area (Å²) in [5.41, 5.74) is 7.23. The van der Waals surface area contributed by atoms with Gasteiger partial charge in [-0.25, -0.2) is 13.4 Å². The van der Waals surface area contributed by atoms with Crippen LogP contribution in [0.5, 0.6) is 23.1 Å². The fourth-order valence-corrected chi connectivity index (χ4v) is 6.50. The van der Waals surface area contributed by atoms with E-state index in [4.69, 9.17) is 24.1 Å². The average molecular weight is 582 g/mol.